The molecule has 0 heterocycles. The standard InChI is InChI=1S/C13H20N2O3/c1-3-5-11(14)8-10-6-7-12(15(16)17)13(9-10)18-4-2/h6-7,9,11H,3-5,8,14H2,1-2H3. The van der Waals surface area contributed by atoms with Crippen LogP contribution in [0.1, 0.15) is 32.3 Å². The first-order valence-corrected chi connectivity index (χ1v) is 6.24. The molecule has 0 spiro atoms. The van der Waals surface area contributed by atoms with Crippen LogP contribution in [0.2, 0.25) is 0 Å². The number of hydrogen-bond donors (Lipinski definition) is 1. The first kappa shape index (κ1) is 14.4. The monoisotopic (exact) mass is 252 g/mol. The van der Waals surface area contributed by atoms with Gasteiger partial charge in [-0.2, -0.15) is 0 Å². The molecule has 0 saturated carbocycles. The third-order valence-electron chi connectivity index (χ3n) is 2.68. The van der Waals surface area contributed by atoms with Crippen molar-refractivity contribution in [2.24, 2.45) is 5.73 Å². The molecule has 1 aromatic carbocycles. The van der Waals surface area contributed by atoms with E-state index in [-0.39, 0.29) is 11.7 Å². The molecule has 0 aliphatic heterocycles. The van der Waals surface area contributed by atoms with Crippen LogP contribution in [0.4, 0.5) is 5.69 Å². The van der Waals surface area contributed by atoms with Crippen molar-refractivity contribution in [2.45, 2.75) is 39.2 Å². The molecule has 0 radical (unpaired) electrons. The molecule has 0 amide bonds. The summed E-state index contributed by atoms with van der Waals surface area (Å²) in [6.45, 7) is 4.30. The first-order chi connectivity index (χ1) is 8.58. The van der Waals surface area contributed by atoms with Crippen LogP contribution in [0.25, 0.3) is 0 Å². The fraction of sp³-hybridized carbons (Fsp3) is 0.538. The summed E-state index contributed by atoms with van der Waals surface area (Å²) in [5.41, 5.74) is 6.94. The van der Waals surface area contributed by atoms with Crippen LogP contribution in [0.3, 0.4) is 0 Å². The second kappa shape index (κ2) is 6.96. The van der Waals surface area contributed by atoms with Gasteiger partial charge < -0.3 is 10.5 Å². The highest BCUT2D eigenvalue weighted by Crippen LogP contribution is 2.28. The van der Waals surface area contributed by atoms with Crippen molar-refractivity contribution >= 4 is 5.69 Å². The Morgan fingerprint density at radius 2 is 2.17 bits per heavy atom. The predicted octanol–water partition coefficient (Wildman–Crippen LogP) is 2.66. The fourth-order valence-corrected chi connectivity index (χ4v) is 1.88. The number of ether oxygens (including phenoxy) is 1. The molecule has 0 bridgehead atoms. The molecule has 1 aromatic rings. The Morgan fingerprint density at radius 3 is 2.72 bits per heavy atom. The molecule has 0 aromatic heterocycles. The van der Waals surface area contributed by atoms with Crippen molar-refractivity contribution in [1.29, 1.82) is 0 Å². The minimum absolute atomic E-state index is 0.00432. The highest BCUT2D eigenvalue weighted by Gasteiger charge is 2.16. The molecular formula is C13H20N2O3. The van der Waals surface area contributed by atoms with E-state index in [0.717, 1.165) is 18.4 Å². The van der Waals surface area contributed by atoms with Crippen molar-refractivity contribution in [2.75, 3.05) is 6.61 Å². The van der Waals surface area contributed by atoms with E-state index in [1.165, 1.54) is 6.07 Å². The van der Waals surface area contributed by atoms with Crippen molar-refractivity contribution < 1.29 is 9.66 Å². The lowest BCUT2D eigenvalue weighted by Crippen LogP contribution is -2.22. The molecule has 18 heavy (non-hydrogen) atoms. The van der Waals surface area contributed by atoms with Crippen molar-refractivity contribution in [3.8, 4) is 5.75 Å². The molecule has 2 N–H and O–H groups in total. The van der Waals surface area contributed by atoms with E-state index in [9.17, 15) is 10.1 Å². The van der Waals surface area contributed by atoms with Gasteiger partial charge in [-0.25, -0.2) is 0 Å². The Hall–Kier alpha value is -1.62. The third-order valence-corrected chi connectivity index (χ3v) is 2.68. The fourth-order valence-electron chi connectivity index (χ4n) is 1.88. The maximum atomic E-state index is 10.8. The molecule has 1 atom stereocenters. The first-order valence-electron chi connectivity index (χ1n) is 6.24. The highest BCUT2D eigenvalue weighted by molar-refractivity contribution is 5.48. The third kappa shape index (κ3) is 4.00. The van der Waals surface area contributed by atoms with Crippen LogP contribution in [0, 0.1) is 10.1 Å². The maximum Gasteiger partial charge on any atom is 0.310 e. The van der Waals surface area contributed by atoms with Gasteiger partial charge in [-0.1, -0.05) is 19.4 Å². The van der Waals surface area contributed by atoms with Crippen LogP contribution < -0.4 is 10.5 Å². The molecule has 1 rings (SSSR count). The van der Waals surface area contributed by atoms with Gasteiger partial charge in [-0.3, -0.25) is 10.1 Å². The van der Waals surface area contributed by atoms with E-state index in [2.05, 4.69) is 6.92 Å². The SMILES string of the molecule is CCCC(N)Cc1ccc([N+](=O)[O-])c(OCC)c1. The summed E-state index contributed by atoms with van der Waals surface area (Å²) in [5, 5.41) is 10.8. The molecule has 0 fully saturated rings. The zero-order valence-corrected chi connectivity index (χ0v) is 10.9. The average Bonchev–Trinajstić information content (AvgIpc) is 2.29. The number of nitrogens with zero attached hydrogens (tertiary/aromatic N) is 1. The van der Waals surface area contributed by atoms with Gasteiger partial charge in [0.1, 0.15) is 0 Å². The second-order valence-electron chi connectivity index (χ2n) is 4.25. The number of nitrogens with two attached hydrogens (primary N) is 1. The van der Waals surface area contributed by atoms with Crippen molar-refractivity contribution in [1.82, 2.24) is 0 Å². The lowest BCUT2D eigenvalue weighted by atomic mass is 10.0. The highest BCUT2D eigenvalue weighted by atomic mass is 16.6. The summed E-state index contributed by atoms with van der Waals surface area (Å²) in [7, 11) is 0. The van der Waals surface area contributed by atoms with Gasteiger partial charge in [-0.05, 0) is 31.4 Å². The van der Waals surface area contributed by atoms with E-state index in [1.54, 1.807) is 19.1 Å². The van der Waals surface area contributed by atoms with Gasteiger partial charge in [-0.15, -0.1) is 0 Å². The van der Waals surface area contributed by atoms with Crippen molar-refractivity contribution in [3.63, 3.8) is 0 Å². The lowest BCUT2D eigenvalue weighted by Gasteiger charge is -2.11. The lowest BCUT2D eigenvalue weighted by molar-refractivity contribution is -0.385. The van der Waals surface area contributed by atoms with E-state index in [0.29, 0.717) is 18.8 Å². The zero-order chi connectivity index (χ0) is 13.5. The Morgan fingerprint density at radius 1 is 1.44 bits per heavy atom. The van der Waals surface area contributed by atoms with E-state index in [1.807, 2.05) is 0 Å². The van der Waals surface area contributed by atoms with Crippen molar-refractivity contribution in [3.05, 3.63) is 33.9 Å². The van der Waals surface area contributed by atoms with Gasteiger partial charge >= 0.3 is 5.69 Å². The summed E-state index contributed by atoms with van der Waals surface area (Å²) < 4.78 is 5.30. The van der Waals surface area contributed by atoms with Gasteiger partial charge in [0.15, 0.2) is 5.75 Å². The summed E-state index contributed by atoms with van der Waals surface area (Å²) in [6.07, 6.45) is 2.69. The van der Waals surface area contributed by atoms with Crippen LogP contribution in [-0.2, 0) is 6.42 Å². The van der Waals surface area contributed by atoms with Crippen LogP contribution >= 0.6 is 0 Å². The van der Waals surface area contributed by atoms with Gasteiger partial charge in [0.05, 0.1) is 11.5 Å². The molecule has 0 saturated heterocycles. The minimum atomic E-state index is -0.430. The zero-order valence-electron chi connectivity index (χ0n) is 10.9. The van der Waals surface area contributed by atoms with Crippen LogP contribution in [-0.4, -0.2) is 17.6 Å². The predicted molar refractivity (Wildman–Crippen MR) is 70.9 cm³/mol. The Kier molecular flexibility index (Phi) is 5.58. The van der Waals surface area contributed by atoms with Gasteiger partial charge in [0.25, 0.3) is 0 Å². The summed E-state index contributed by atoms with van der Waals surface area (Å²) >= 11 is 0. The Bertz CT molecular complexity index is 407. The second-order valence-corrected chi connectivity index (χ2v) is 4.25. The quantitative estimate of drug-likeness (QED) is 0.597. The molecule has 0 aliphatic rings. The maximum absolute atomic E-state index is 10.8. The van der Waals surface area contributed by atoms with Crippen LogP contribution in [0.5, 0.6) is 5.75 Å². The Labute approximate surface area is 107 Å². The summed E-state index contributed by atoms with van der Waals surface area (Å²) in [5.74, 6) is 0.323. The number of nitro benzene ring substituents is 1. The topological polar surface area (TPSA) is 78.4 Å². The van der Waals surface area contributed by atoms with E-state index >= 15 is 0 Å². The summed E-state index contributed by atoms with van der Waals surface area (Å²) in [6, 6.07) is 5.04. The van der Waals surface area contributed by atoms with E-state index in [4.69, 9.17) is 10.5 Å². The number of nitro groups is 1. The molecular weight excluding hydrogens is 232 g/mol. The minimum Gasteiger partial charge on any atom is -0.487 e. The largest absolute Gasteiger partial charge is 0.487 e. The number of rotatable bonds is 7. The number of benzene rings is 1. The van der Waals surface area contributed by atoms with E-state index < -0.39 is 4.92 Å². The number of hydrogen-bond acceptors (Lipinski definition) is 4. The molecule has 1 unspecified atom stereocenters. The van der Waals surface area contributed by atoms with Crippen LogP contribution in [0.15, 0.2) is 18.2 Å². The normalized spacial score (nSPS) is 12.2. The van der Waals surface area contributed by atoms with Gasteiger partial charge in [0, 0.05) is 12.1 Å². The smallest absolute Gasteiger partial charge is 0.310 e. The molecule has 5 nitrogen and oxygen atoms in total. The molecule has 0 aliphatic carbocycles. The summed E-state index contributed by atoms with van der Waals surface area (Å²) in [4.78, 5) is 10.4. The average molecular weight is 252 g/mol. The Balaban J connectivity index is 2.88. The molecule has 100 valence electrons. The van der Waals surface area contributed by atoms with Gasteiger partial charge in [0.2, 0.25) is 0 Å². The molecule has 5 heteroatoms.